The number of benzene rings is 1. The Balaban J connectivity index is 2.25. The molecule has 1 aromatic rings. The maximum atomic E-state index is 4.51. The highest BCUT2D eigenvalue weighted by Crippen LogP contribution is 2.10. The molecular formula is C12H13N. The SMILES string of the molecule is CC1C=CC(c2ccccc2)=NC1. The topological polar surface area (TPSA) is 12.4 Å². The Morgan fingerprint density at radius 3 is 2.62 bits per heavy atom. The summed E-state index contributed by atoms with van der Waals surface area (Å²) in [6.07, 6.45) is 4.33. The van der Waals surface area contributed by atoms with Crippen LogP contribution >= 0.6 is 0 Å². The minimum atomic E-state index is 0.590. The molecule has 1 atom stereocenters. The first-order chi connectivity index (χ1) is 6.36. The fourth-order valence-electron chi connectivity index (χ4n) is 1.41. The van der Waals surface area contributed by atoms with Crippen LogP contribution in [0.3, 0.4) is 0 Å². The normalized spacial score (nSPS) is 21.3. The summed E-state index contributed by atoms with van der Waals surface area (Å²) in [6, 6.07) is 10.3. The molecule has 0 bridgehead atoms. The summed E-state index contributed by atoms with van der Waals surface area (Å²) in [7, 11) is 0. The maximum Gasteiger partial charge on any atom is 0.0643 e. The standard InChI is InChI=1S/C12H13N/c1-10-7-8-12(13-9-10)11-5-3-2-4-6-11/h2-8,10H,9H2,1H3. The largest absolute Gasteiger partial charge is 0.284 e. The van der Waals surface area contributed by atoms with Crippen molar-refractivity contribution in [3.8, 4) is 0 Å². The number of nitrogens with zero attached hydrogens (tertiary/aromatic N) is 1. The van der Waals surface area contributed by atoms with Crippen LogP contribution in [0.15, 0.2) is 47.5 Å². The summed E-state index contributed by atoms with van der Waals surface area (Å²) in [5, 5.41) is 0. The summed E-state index contributed by atoms with van der Waals surface area (Å²) in [5.41, 5.74) is 2.32. The van der Waals surface area contributed by atoms with Crippen LogP contribution in [-0.4, -0.2) is 12.3 Å². The second kappa shape index (κ2) is 3.56. The van der Waals surface area contributed by atoms with Crippen LogP contribution in [0.25, 0.3) is 0 Å². The molecule has 1 unspecified atom stereocenters. The lowest BCUT2D eigenvalue weighted by Gasteiger charge is -2.10. The molecule has 0 radical (unpaired) electrons. The van der Waals surface area contributed by atoms with Crippen LogP contribution in [0.2, 0.25) is 0 Å². The summed E-state index contributed by atoms with van der Waals surface area (Å²) in [5.74, 6) is 0.590. The van der Waals surface area contributed by atoms with Crippen molar-refractivity contribution < 1.29 is 0 Å². The van der Waals surface area contributed by atoms with E-state index in [1.165, 1.54) is 5.56 Å². The quantitative estimate of drug-likeness (QED) is 0.616. The molecule has 66 valence electrons. The van der Waals surface area contributed by atoms with Gasteiger partial charge in [-0.3, -0.25) is 4.99 Å². The van der Waals surface area contributed by atoms with E-state index in [2.05, 4.69) is 36.2 Å². The van der Waals surface area contributed by atoms with Crippen molar-refractivity contribution in [2.45, 2.75) is 6.92 Å². The lowest BCUT2D eigenvalue weighted by atomic mass is 10.0. The maximum absolute atomic E-state index is 4.51. The van der Waals surface area contributed by atoms with E-state index in [1.807, 2.05) is 18.2 Å². The number of allylic oxidation sites excluding steroid dienone is 1. The Hall–Kier alpha value is -1.37. The molecule has 1 heteroatoms. The number of hydrogen-bond acceptors (Lipinski definition) is 1. The minimum absolute atomic E-state index is 0.590. The van der Waals surface area contributed by atoms with E-state index >= 15 is 0 Å². The molecule has 1 aliphatic heterocycles. The van der Waals surface area contributed by atoms with Crippen molar-refractivity contribution in [2.75, 3.05) is 6.54 Å². The van der Waals surface area contributed by atoms with Crippen molar-refractivity contribution in [1.82, 2.24) is 0 Å². The van der Waals surface area contributed by atoms with Gasteiger partial charge in [-0.05, 0) is 17.6 Å². The van der Waals surface area contributed by atoms with Gasteiger partial charge in [-0.25, -0.2) is 0 Å². The van der Waals surface area contributed by atoms with Crippen LogP contribution in [-0.2, 0) is 0 Å². The second-order valence-electron chi connectivity index (χ2n) is 3.43. The summed E-state index contributed by atoms with van der Waals surface area (Å²) < 4.78 is 0. The number of hydrogen-bond donors (Lipinski definition) is 0. The zero-order valence-corrected chi connectivity index (χ0v) is 7.77. The van der Waals surface area contributed by atoms with E-state index in [4.69, 9.17) is 0 Å². The summed E-state index contributed by atoms with van der Waals surface area (Å²) in [4.78, 5) is 4.51. The van der Waals surface area contributed by atoms with Crippen LogP contribution in [0, 0.1) is 5.92 Å². The van der Waals surface area contributed by atoms with E-state index < -0.39 is 0 Å². The van der Waals surface area contributed by atoms with Crippen molar-refractivity contribution >= 4 is 5.71 Å². The van der Waals surface area contributed by atoms with Crippen LogP contribution < -0.4 is 0 Å². The summed E-state index contributed by atoms with van der Waals surface area (Å²) >= 11 is 0. The fourth-order valence-corrected chi connectivity index (χ4v) is 1.41. The molecule has 1 aromatic carbocycles. The third-order valence-electron chi connectivity index (χ3n) is 2.20. The van der Waals surface area contributed by atoms with Crippen molar-refractivity contribution in [2.24, 2.45) is 10.9 Å². The van der Waals surface area contributed by atoms with Gasteiger partial charge in [0.15, 0.2) is 0 Å². The molecule has 0 fully saturated rings. The predicted octanol–water partition coefficient (Wildman–Crippen LogP) is 2.68. The molecule has 1 heterocycles. The first-order valence-electron chi connectivity index (χ1n) is 4.64. The zero-order valence-electron chi connectivity index (χ0n) is 7.77. The Labute approximate surface area is 78.8 Å². The average Bonchev–Trinajstić information content (AvgIpc) is 2.20. The second-order valence-corrected chi connectivity index (χ2v) is 3.43. The molecule has 2 rings (SSSR count). The summed E-state index contributed by atoms with van der Waals surface area (Å²) in [6.45, 7) is 3.10. The van der Waals surface area contributed by atoms with Gasteiger partial charge in [0, 0.05) is 6.54 Å². The van der Waals surface area contributed by atoms with E-state index in [1.54, 1.807) is 0 Å². The van der Waals surface area contributed by atoms with Gasteiger partial charge < -0.3 is 0 Å². The Morgan fingerprint density at radius 1 is 1.23 bits per heavy atom. The van der Waals surface area contributed by atoms with Crippen LogP contribution in [0.4, 0.5) is 0 Å². The van der Waals surface area contributed by atoms with Crippen molar-refractivity contribution in [3.05, 3.63) is 48.0 Å². The fraction of sp³-hybridized carbons (Fsp3) is 0.250. The van der Waals surface area contributed by atoms with Crippen molar-refractivity contribution in [1.29, 1.82) is 0 Å². The highest BCUT2D eigenvalue weighted by atomic mass is 14.7. The van der Waals surface area contributed by atoms with Gasteiger partial charge in [0.05, 0.1) is 5.71 Å². The molecule has 0 saturated heterocycles. The van der Waals surface area contributed by atoms with E-state index in [9.17, 15) is 0 Å². The molecule has 0 saturated carbocycles. The van der Waals surface area contributed by atoms with Gasteiger partial charge in [0.25, 0.3) is 0 Å². The van der Waals surface area contributed by atoms with E-state index in [-0.39, 0.29) is 0 Å². The lowest BCUT2D eigenvalue weighted by molar-refractivity contribution is 0.734. The van der Waals surface area contributed by atoms with Crippen molar-refractivity contribution in [3.63, 3.8) is 0 Å². The zero-order chi connectivity index (χ0) is 9.10. The van der Waals surface area contributed by atoms with Gasteiger partial charge >= 0.3 is 0 Å². The highest BCUT2D eigenvalue weighted by molar-refractivity contribution is 6.09. The highest BCUT2D eigenvalue weighted by Gasteiger charge is 2.05. The molecule has 0 aliphatic carbocycles. The number of dihydropyridines is 1. The Bertz CT molecular complexity index is 335. The minimum Gasteiger partial charge on any atom is -0.284 e. The van der Waals surface area contributed by atoms with Gasteiger partial charge in [-0.15, -0.1) is 0 Å². The Morgan fingerprint density at radius 2 is 2.00 bits per heavy atom. The molecule has 0 amide bonds. The molecule has 0 aromatic heterocycles. The lowest BCUT2D eigenvalue weighted by Crippen LogP contribution is -2.07. The number of rotatable bonds is 1. The average molecular weight is 171 g/mol. The van der Waals surface area contributed by atoms with Crippen LogP contribution in [0.1, 0.15) is 12.5 Å². The van der Waals surface area contributed by atoms with Gasteiger partial charge in [-0.1, -0.05) is 43.3 Å². The molecule has 0 spiro atoms. The third kappa shape index (κ3) is 1.86. The van der Waals surface area contributed by atoms with Crippen LogP contribution in [0.5, 0.6) is 0 Å². The van der Waals surface area contributed by atoms with E-state index in [0.29, 0.717) is 5.92 Å². The molecule has 1 aliphatic rings. The number of aliphatic imine (C=N–C) groups is 1. The molecule has 0 N–H and O–H groups in total. The van der Waals surface area contributed by atoms with E-state index in [0.717, 1.165) is 12.3 Å². The smallest absolute Gasteiger partial charge is 0.0643 e. The first kappa shape index (κ1) is 8.24. The van der Waals surface area contributed by atoms with Gasteiger partial charge in [-0.2, -0.15) is 0 Å². The third-order valence-corrected chi connectivity index (χ3v) is 2.20. The molecule has 13 heavy (non-hydrogen) atoms. The molecular weight excluding hydrogens is 158 g/mol. The predicted molar refractivity (Wildman–Crippen MR) is 56.2 cm³/mol. The van der Waals surface area contributed by atoms with Gasteiger partial charge in [0.2, 0.25) is 0 Å². The first-order valence-corrected chi connectivity index (χ1v) is 4.64. The monoisotopic (exact) mass is 171 g/mol. The van der Waals surface area contributed by atoms with Gasteiger partial charge in [0.1, 0.15) is 0 Å². The molecule has 1 nitrogen and oxygen atoms in total. The Kier molecular flexibility index (Phi) is 2.26.